The van der Waals surface area contributed by atoms with E-state index in [1.165, 1.54) is 28.7 Å². The van der Waals surface area contributed by atoms with Gasteiger partial charge in [0.15, 0.2) is 0 Å². The number of alkyl halides is 4. The molecule has 0 saturated heterocycles. The Labute approximate surface area is 102 Å². The van der Waals surface area contributed by atoms with Crippen LogP contribution in [-0.2, 0) is 13.3 Å². The minimum Gasteiger partial charge on any atom is -0.390 e. The van der Waals surface area contributed by atoms with E-state index in [1.807, 2.05) is 0 Å². The van der Waals surface area contributed by atoms with Gasteiger partial charge in [-0.3, -0.25) is 0 Å². The highest BCUT2D eigenvalue weighted by Crippen LogP contribution is 2.29. The van der Waals surface area contributed by atoms with E-state index in [-0.39, 0.29) is 14.8 Å². The maximum Gasteiger partial charge on any atom is 0.574 e. The third-order valence-corrected chi connectivity index (χ3v) is 2.73. The molecule has 0 saturated carbocycles. The summed E-state index contributed by atoms with van der Waals surface area (Å²) in [7, 11) is 0. The van der Waals surface area contributed by atoms with Crippen LogP contribution < -0.4 is 4.74 Å². The average Bonchev–Trinajstić information content (AvgIpc) is 2.19. The molecule has 0 aliphatic carbocycles. The van der Waals surface area contributed by atoms with Crippen molar-refractivity contribution in [1.29, 1.82) is 0 Å². The molecule has 16 heavy (non-hydrogen) atoms. The van der Waals surface area contributed by atoms with Crippen molar-refractivity contribution in [3.05, 3.63) is 20.9 Å². The summed E-state index contributed by atoms with van der Waals surface area (Å²) in [5, 5.41) is 8.75. The van der Waals surface area contributed by atoms with Gasteiger partial charge in [0.05, 0.1) is 15.9 Å². The van der Waals surface area contributed by atoms with Crippen LogP contribution in [0.4, 0.5) is 17.6 Å². The molecule has 1 N–H and O–H groups in total. The summed E-state index contributed by atoms with van der Waals surface area (Å²) in [6, 6.07) is 1.19. The number of hydrogen-bond acceptors (Lipinski definition) is 3. The third kappa shape index (κ3) is 3.44. The molecule has 0 spiro atoms. The maximum absolute atomic E-state index is 12.5. The first-order valence-electron chi connectivity index (χ1n) is 3.98. The van der Waals surface area contributed by atoms with Gasteiger partial charge in [-0.25, -0.2) is 9.37 Å². The number of aliphatic hydroxyl groups is 1. The fourth-order valence-electron chi connectivity index (χ4n) is 0.969. The van der Waals surface area contributed by atoms with Gasteiger partial charge in [-0.05, 0) is 28.7 Å². The zero-order valence-corrected chi connectivity index (χ0v) is 9.84. The van der Waals surface area contributed by atoms with Gasteiger partial charge in [-0.15, -0.1) is 13.2 Å². The Morgan fingerprint density at radius 3 is 2.50 bits per heavy atom. The molecule has 1 heterocycles. The fourth-order valence-corrected chi connectivity index (χ4v) is 1.50. The molecule has 1 aromatic heterocycles. The van der Waals surface area contributed by atoms with Gasteiger partial charge in [-0.1, -0.05) is 0 Å². The Morgan fingerprint density at radius 2 is 2.06 bits per heavy atom. The van der Waals surface area contributed by atoms with Crippen LogP contribution in [0.15, 0.2) is 6.07 Å². The molecular weight excluding hydrogens is 345 g/mol. The number of aromatic nitrogens is 1. The van der Waals surface area contributed by atoms with Gasteiger partial charge in [0, 0.05) is 5.56 Å². The molecule has 0 aliphatic rings. The van der Waals surface area contributed by atoms with Crippen LogP contribution in [0.1, 0.15) is 11.3 Å². The number of halogens is 5. The molecule has 0 unspecified atom stereocenters. The molecule has 0 aromatic carbocycles. The second-order valence-electron chi connectivity index (χ2n) is 2.73. The van der Waals surface area contributed by atoms with E-state index in [0.29, 0.717) is 0 Å². The summed E-state index contributed by atoms with van der Waals surface area (Å²) in [5.74, 6) is -0.743. The summed E-state index contributed by atoms with van der Waals surface area (Å²) in [4.78, 5) is 3.42. The van der Waals surface area contributed by atoms with Gasteiger partial charge in [0.2, 0.25) is 5.88 Å². The zero-order chi connectivity index (χ0) is 12.3. The molecule has 1 rings (SSSR count). The van der Waals surface area contributed by atoms with Crippen LogP contribution in [0, 0.1) is 3.57 Å². The van der Waals surface area contributed by atoms with E-state index in [9.17, 15) is 17.6 Å². The van der Waals surface area contributed by atoms with Gasteiger partial charge in [-0.2, -0.15) is 0 Å². The van der Waals surface area contributed by atoms with Crippen LogP contribution in [0.5, 0.6) is 5.88 Å². The van der Waals surface area contributed by atoms with Crippen molar-refractivity contribution in [3.8, 4) is 5.88 Å². The smallest absolute Gasteiger partial charge is 0.390 e. The lowest BCUT2D eigenvalue weighted by Gasteiger charge is -2.12. The molecule has 1 aromatic rings. The van der Waals surface area contributed by atoms with Gasteiger partial charge < -0.3 is 9.84 Å². The van der Waals surface area contributed by atoms with E-state index in [0.717, 1.165) is 0 Å². The highest BCUT2D eigenvalue weighted by molar-refractivity contribution is 14.1. The SMILES string of the molecule is OCc1cc(CF)c(I)c(OC(F)(F)F)n1. The number of ether oxygens (including phenoxy) is 1. The van der Waals surface area contributed by atoms with E-state index >= 15 is 0 Å². The molecule has 3 nitrogen and oxygen atoms in total. The summed E-state index contributed by atoms with van der Waals surface area (Å²) < 4.78 is 51.9. The Hall–Kier alpha value is -0.640. The Balaban J connectivity index is 3.16. The first kappa shape index (κ1) is 13.4. The van der Waals surface area contributed by atoms with Crippen molar-refractivity contribution in [2.24, 2.45) is 0 Å². The van der Waals surface area contributed by atoms with Gasteiger partial charge in [0.1, 0.15) is 6.67 Å². The Morgan fingerprint density at radius 1 is 1.44 bits per heavy atom. The number of aliphatic hydroxyl groups excluding tert-OH is 1. The molecule has 0 fully saturated rings. The van der Waals surface area contributed by atoms with Crippen LogP contribution in [0.2, 0.25) is 0 Å². The molecule has 0 atom stereocenters. The second-order valence-corrected chi connectivity index (χ2v) is 3.81. The molecule has 0 radical (unpaired) electrons. The Bertz CT molecular complexity index is 383. The fraction of sp³-hybridized carbons (Fsp3) is 0.375. The molecule has 0 aliphatic heterocycles. The minimum absolute atomic E-state index is 0.00102. The molecule has 0 bridgehead atoms. The number of nitrogens with zero attached hydrogens (tertiary/aromatic N) is 1. The van der Waals surface area contributed by atoms with Crippen molar-refractivity contribution in [2.75, 3.05) is 0 Å². The lowest BCUT2D eigenvalue weighted by Crippen LogP contribution is -2.19. The van der Waals surface area contributed by atoms with Crippen LogP contribution in [0.3, 0.4) is 0 Å². The standard InChI is InChI=1S/C8H6F4INO2/c9-2-4-1-5(3-15)14-7(6(4)13)16-8(10,11)12/h1,15H,2-3H2. The third-order valence-electron chi connectivity index (χ3n) is 1.57. The lowest BCUT2D eigenvalue weighted by molar-refractivity contribution is -0.276. The predicted octanol–water partition coefficient (Wildman–Crippen LogP) is 2.55. The highest BCUT2D eigenvalue weighted by atomic mass is 127. The summed E-state index contributed by atoms with van der Waals surface area (Å²) in [6.45, 7) is -1.54. The lowest BCUT2D eigenvalue weighted by atomic mass is 10.2. The quantitative estimate of drug-likeness (QED) is 0.673. The zero-order valence-electron chi connectivity index (χ0n) is 7.68. The van der Waals surface area contributed by atoms with Crippen molar-refractivity contribution >= 4 is 22.6 Å². The summed E-state index contributed by atoms with van der Waals surface area (Å²) in [5.41, 5.74) is -0.0776. The monoisotopic (exact) mass is 351 g/mol. The van der Waals surface area contributed by atoms with Crippen LogP contribution in [-0.4, -0.2) is 16.5 Å². The molecule has 90 valence electrons. The van der Waals surface area contributed by atoms with Crippen molar-refractivity contribution in [1.82, 2.24) is 4.98 Å². The van der Waals surface area contributed by atoms with Crippen LogP contribution >= 0.6 is 22.6 Å². The Kier molecular flexibility index (Phi) is 4.30. The highest BCUT2D eigenvalue weighted by Gasteiger charge is 2.33. The van der Waals surface area contributed by atoms with E-state index in [1.54, 1.807) is 0 Å². The second kappa shape index (κ2) is 5.13. The molecule has 0 amide bonds. The summed E-state index contributed by atoms with van der Waals surface area (Å²) >= 11 is 1.50. The van der Waals surface area contributed by atoms with Crippen LogP contribution in [0.25, 0.3) is 0 Å². The van der Waals surface area contributed by atoms with Crippen molar-refractivity contribution in [2.45, 2.75) is 19.6 Å². The number of pyridine rings is 1. The molecule has 8 heteroatoms. The average molecular weight is 351 g/mol. The maximum atomic E-state index is 12.5. The van der Waals surface area contributed by atoms with Gasteiger partial charge >= 0.3 is 6.36 Å². The number of hydrogen-bond donors (Lipinski definition) is 1. The van der Waals surface area contributed by atoms with E-state index < -0.39 is 25.5 Å². The normalized spacial score (nSPS) is 11.6. The topological polar surface area (TPSA) is 42.4 Å². The van der Waals surface area contributed by atoms with E-state index in [2.05, 4.69) is 9.72 Å². The molecular formula is C8H6F4INO2. The van der Waals surface area contributed by atoms with Gasteiger partial charge in [0.25, 0.3) is 0 Å². The summed E-state index contributed by atoms with van der Waals surface area (Å²) in [6.07, 6.45) is -4.89. The largest absolute Gasteiger partial charge is 0.574 e. The number of rotatable bonds is 3. The minimum atomic E-state index is -4.89. The predicted molar refractivity (Wildman–Crippen MR) is 54.4 cm³/mol. The van der Waals surface area contributed by atoms with Crippen molar-refractivity contribution < 1.29 is 27.4 Å². The van der Waals surface area contributed by atoms with E-state index in [4.69, 9.17) is 5.11 Å². The first-order chi connectivity index (χ1) is 7.37. The first-order valence-corrected chi connectivity index (χ1v) is 5.06. The van der Waals surface area contributed by atoms with Crippen molar-refractivity contribution in [3.63, 3.8) is 0 Å².